The molecule has 1 aliphatic rings. The zero-order valence-electron chi connectivity index (χ0n) is 11.7. The fourth-order valence-corrected chi connectivity index (χ4v) is 2.81. The first-order valence-electron chi connectivity index (χ1n) is 6.87. The number of nitrogens with zero attached hydrogens (tertiary/aromatic N) is 4. The third kappa shape index (κ3) is 2.15. The van der Waals surface area contributed by atoms with Gasteiger partial charge in [0.1, 0.15) is 5.52 Å². The number of aromatic nitrogens is 3. The van der Waals surface area contributed by atoms with Crippen molar-refractivity contribution < 1.29 is 9.59 Å². The highest BCUT2D eigenvalue weighted by Crippen LogP contribution is 2.24. The van der Waals surface area contributed by atoms with Crippen LogP contribution in [-0.2, 0) is 6.54 Å². The molecule has 7 heteroatoms. The molecule has 4 rings (SSSR count). The molecule has 0 fully saturated rings. The predicted octanol–water partition coefficient (Wildman–Crippen LogP) is 2.47. The largest absolute Gasteiger partial charge is 0.269 e. The highest BCUT2D eigenvalue weighted by Gasteiger charge is 2.35. The van der Waals surface area contributed by atoms with Gasteiger partial charge in [-0.3, -0.25) is 19.5 Å². The smallest absolute Gasteiger partial charge is 0.261 e. The molecule has 0 saturated carbocycles. The molecule has 0 bridgehead atoms. The van der Waals surface area contributed by atoms with E-state index in [-0.39, 0.29) is 23.5 Å². The van der Waals surface area contributed by atoms with Crippen LogP contribution >= 0.6 is 11.6 Å². The number of amides is 2. The zero-order chi connectivity index (χ0) is 16.0. The van der Waals surface area contributed by atoms with Crippen molar-refractivity contribution in [1.29, 1.82) is 0 Å². The summed E-state index contributed by atoms with van der Waals surface area (Å²) in [6.45, 7) is -0.0309. The first kappa shape index (κ1) is 13.8. The standard InChI is InChI=1S/C16H9ClN4O2/c17-14-13-11(6-3-7-18-13)19-12(20-14)8-21-15(22)9-4-1-2-5-10(9)16(21)23/h1-7H,8H2. The van der Waals surface area contributed by atoms with E-state index < -0.39 is 0 Å². The number of pyridine rings is 1. The average Bonchev–Trinajstić information content (AvgIpc) is 2.81. The van der Waals surface area contributed by atoms with Crippen LogP contribution in [0.15, 0.2) is 42.6 Å². The minimum atomic E-state index is -0.350. The van der Waals surface area contributed by atoms with E-state index in [1.54, 1.807) is 42.6 Å². The van der Waals surface area contributed by atoms with Crippen molar-refractivity contribution in [3.63, 3.8) is 0 Å². The lowest BCUT2D eigenvalue weighted by Gasteiger charge is -2.13. The van der Waals surface area contributed by atoms with Crippen LogP contribution in [0.1, 0.15) is 26.5 Å². The number of fused-ring (bicyclic) bond motifs is 2. The number of imide groups is 1. The predicted molar refractivity (Wildman–Crippen MR) is 83.0 cm³/mol. The summed E-state index contributed by atoms with van der Waals surface area (Å²) in [5, 5.41) is 0.196. The van der Waals surface area contributed by atoms with Gasteiger partial charge in [0, 0.05) is 6.20 Å². The molecule has 112 valence electrons. The lowest BCUT2D eigenvalue weighted by atomic mass is 10.1. The maximum absolute atomic E-state index is 12.4. The number of carbonyl (C=O) groups is 2. The molecule has 23 heavy (non-hydrogen) atoms. The molecule has 0 unspecified atom stereocenters. The van der Waals surface area contributed by atoms with Gasteiger partial charge in [-0.25, -0.2) is 9.97 Å². The van der Waals surface area contributed by atoms with E-state index in [4.69, 9.17) is 11.6 Å². The third-order valence-corrected chi connectivity index (χ3v) is 3.90. The van der Waals surface area contributed by atoms with E-state index >= 15 is 0 Å². The Bertz CT molecular complexity index is 938. The summed E-state index contributed by atoms with van der Waals surface area (Å²) >= 11 is 6.11. The Morgan fingerprint density at radius 2 is 1.65 bits per heavy atom. The van der Waals surface area contributed by atoms with Crippen molar-refractivity contribution in [2.24, 2.45) is 0 Å². The van der Waals surface area contributed by atoms with E-state index in [0.29, 0.717) is 28.0 Å². The normalized spacial score (nSPS) is 13.7. The van der Waals surface area contributed by atoms with E-state index in [1.807, 2.05) is 0 Å². The van der Waals surface area contributed by atoms with Crippen LogP contribution < -0.4 is 0 Å². The minimum absolute atomic E-state index is 0.0309. The van der Waals surface area contributed by atoms with Gasteiger partial charge in [0.05, 0.1) is 23.2 Å². The second-order valence-corrected chi connectivity index (χ2v) is 5.40. The monoisotopic (exact) mass is 324 g/mol. The molecular formula is C16H9ClN4O2. The summed E-state index contributed by atoms with van der Waals surface area (Å²) in [5.41, 5.74) is 1.84. The Balaban J connectivity index is 1.72. The summed E-state index contributed by atoms with van der Waals surface area (Å²) in [6, 6.07) is 10.2. The lowest BCUT2D eigenvalue weighted by molar-refractivity contribution is 0.0638. The topological polar surface area (TPSA) is 76.1 Å². The fourth-order valence-electron chi connectivity index (χ4n) is 2.57. The molecule has 0 N–H and O–H groups in total. The van der Waals surface area contributed by atoms with E-state index in [2.05, 4.69) is 15.0 Å². The third-order valence-electron chi connectivity index (χ3n) is 3.64. The molecule has 0 aliphatic carbocycles. The van der Waals surface area contributed by atoms with Crippen molar-refractivity contribution in [3.05, 3.63) is 64.7 Å². The van der Waals surface area contributed by atoms with Gasteiger partial charge in [0.2, 0.25) is 0 Å². The molecule has 2 aromatic heterocycles. The molecule has 3 heterocycles. The van der Waals surface area contributed by atoms with E-state index in [0.717, 1.165) is 4.90 Å². The molecule has 2 amide bonds. The van der Waals surface area contributed by atoms with E-state index in [9.17, 15) is 9.59 Å². The first-order chi connectivity index (χ1) is 11.1. The number of carbonyl (C=O) groups excluding carboxylic acids is 2. The van der Waals surface area contributed by atoms with Gasteiger partial charge >= 0.3 is 0 Å². The van der Waals surface area contributed by atoms with Crippen LogP contribution in [0.4, 0.5) is 0 Å². The average molecular weight is 325 g/mol. The van der Waals surface area contributed by atoms with Gasteiger partial charge < -0.3 is 0 Å². The Hall–Kier alpha value is -2.86. The van der Waals surface area contributed by atoms with Gasteiger partial charge in [-0.2, -0.15) is 0 Å². The van der Waals surface area contributed by atoms with Crippen molar-refractivity contribution >= 4 is 34.4 Å². The quantitative estimate of drug-likeness (QED) is 0.534. The van der Waals surface area contributed by atoms with Crippen LogP contribution in [0.2, 0.25) is 5.15 Å². The summed E-state index contributed by atoms with van der Waals surface area (Å²) in [4.78, 5) is 38.4. The SMILES string of the molecule is O=C1c2ccccc2C(=O)N1Cc1nc(Cl)c2ncccc2n1. The summed E-state index contributed by atoms with van der Waals surface area (Å²) in [5.74, 6) is -0.404. The number of hydrogen-bond acceptors (Lipinski definition) is 5. The maximum atomic E-state index is 12.4. The second-order valence-electron chi connectivity index (χ2n) is 5.04. The molecule has 0 spiro atoms. The van der Waals surface area contributed by atoms with Crippen molar-refractivity contribution in [3.8, 4) is 0 Å². The highest BCUT2D eigenvalue weighted by atomic mass is 35.5. The molecule has 6 nitrogen and oxygen atoms in total. The van der Waals surface area contributed by atoms with Crippen LogP contribution in [0.3, 0.4) is 0 Å². The number of rotatable bonds is 2. The Labute approximate surface area is 135 Å². The van der Waals surface area contributed by atoms with Crippen LogP contribution in [0, 0.1) is 0 Å². The summed E-state index contributed by atoms with van der Waals surface area (Å²) in [6.07, 6.45) is 1.60. The Morgan fingerprint density at radius 1 is 0.957 bits per heavy atom. The molecule has 3 aromatic rings. The molecule has 0 radical (unpaired) electrons. The van der Waals surface area contributed by atoms with Gasteiger partial charge in [-0.15, -0.1) is 0 Å². The lowest BCUT2D eigenvalue weighted by Crippen LogP contribution is -2.30. The van der Waals surface area contributed by atoms with Gasteiger partial charge in [0.25, 0.3) is 11.8 Å². The minimum Gasteiger partial charge on any atom is -0.269 e. The van der Waals surface area contributed by atoms with E-state index in [1.165, 1.54) is 0 Å². The number of halogens is 1. The Kier molecular flexibility index (Phi) is 3.06. The highest BCUT2D eigenvalue weighted by molar-refractivity contribution is 6.33. The van der Waals surface area contributed by atoms with Crippen LogP contribution in [0.5, 0.6) is 0 Å². The van der Waals surface area contributed by atoms with Crippen LogP contribution in [-0.4, -0.2) is 31.7 Å². The zero-order valence-corrected chi connectivity index (χ0v) is 12.5. The molecule has 1 aliphatic heterocycles. The second kappa shape index (κ2) is 5.10. The van der Waals surface area contributed by atoms with Crippen molar-refractivity contribution in [2.75, 3.05) is 0 Å². The maximum Gasteiger partial charge on any atom is 0.261 e. The number of hydrogen-bond donors (Lipinski definition) is 0. The van der Waals surface area contributed by atoms with Crippen molar-refractivity contribution in [2.45, 2.75) is 6.54 Å². The molecule has 0 atom stereocenters. The van der Waals surface area contributed by atoms with Crippen molar-refractivity contribution in [1.82, 2.24) is 19.9 Å². The molecule has 1 aromatic carbocycles. The van der Waals surface area contributed by atoms with Crippen LogP contribution in [0.25, 0.3) is 11.0 Å². The number of benzene rings is 1. The van der Waals surface area contributed by atoms with Gasteiger partial charge in [0.15, 0.2) is 11.0 Å². The fraction of sp³-hybridized carbons (Fsp3) is 0.0625. The van der Waals surface area contributed by atoms with Gasteiger partial charge in [-0.1, -0.05) is 23.7 Å². The molecular weight excluding hydrogens is 316 g/mol. The Morgan fingerprint density at radius 3 is 2.35 bits per heavy atom. The first-order valence-corrected chi connectivity index (χ1v) is 7.25. The summed E-state index contributed by atoms with van der Waals surface area (Å²) < 4.78 is 0. The molecule has 0 saturated heterocycles. The van der Waals surface area contributed by atoms with Gasteiger partial charge in [-0.05, 0) is 24.3 Å². The summed E-state index contributed by atoms with van der Waals surface area (Å²) in [7, 11) is 0.